The first-order valence-corrected chi connectivity index (χ1v) is 8.51. The topological polar surface area (TPSA) is 58.6 Å². The molecule has 0 aromatic heterocycles. The molecular formula is C21H27NO3. The van der Waals surface area contributed by atoms with E-state index in [0.29, 0.717) is 6.54 Å². The molecule has 2 rings (SSSR count). The van der Waals surface area contributed by atoms with Crippen molar-refractivity contribution in [2.75, 3.05) is 20.3 Å². The summed E-state index contributed by atoms with van der Waals surface area (Å²) in [6.45, 7) is 4.47. The van der Waals surface area contributed by atoms with Crippen LogP contribution in [0.5, 0.6) is 0 Å². The minimum absolute atomic E-state index is 0.00377. The molecule has 0 aliphatic rings. The number of hydrogen-bond acceptors (Lipinski definition) is 3. The molecule has 2 aromatic rings. The summed E-state index contributed by atoms with van der Waals surface area (Å²) in [6, 6.07) is 19.4. The Morgan fingerprint density at radius 3 is 2.04 bits per heavy atom. The first-order valence-electron chi connectivity index (χ1n) is 8.51. The van der Waals surface area contributed by atoms with E-state index in [4.69, 9.17) is 4.74 Å². The monoisotopic (exact) mass is 341 g/mol. The molecule has 25 heavy (non-hydrogen) atoms. The number of amides is 1. The van der Waals surface area contributed by atoms with E-state index < -0.39 is 6.10 Å². The number of hydrogen-bond donors (Lipinski definition) is 2. The average molecular weight is 341 g/mol. The van der Waals surface area contributed by atoms with Crippen LogP contribution >= 0.6 is 0 Å². The molecule has 0 radical (unpaired) electrons. The van der Waals surface area contributed by atoms with Crippen molar-refractivity contribution >= 4 is 5.91 Å². The lowest BCUT2D eigenvalue weighted by Crippen LogP contribution is -2.39. The number of benzene rings is 2. The summed E-state index contributed by atoms with van der Waals surface area (Å²) in [5, 5.41) is 12.8. The Balaban J connectivity index is 2.13. The Kier molecular flexibility index (Phi) is 6.73. The van der Waals surface area contributed by atoms with Crippen molar-refractivity contribution < 1.29 is 14.6 Å². The van der Waals surface area contributed by atoms with Gasteiger partial charge >= 0.3 is 0 Å². The van der Waals surface area contributed by atoms with E-state index in [9.17, 15) is 9.90 Å². The van der Waals surface area contributed by atoms with E-state index in [0.717, 1.165) is 11.1 Å². The minimum atomic E-state index is -0.644. The van der Waals surface area contributed by atoms with Crippen LogP contribution in [0.2, 0.25) is 0 Å². The number of rotatable bonds is 8. The van der Waals surface area contributed by atoms with E-state index >= 15 is 0 Å². The summed E-state index contributed by atoms with van der Waals surface area (Å²) in [4.78, 5) is 12.6. The smallest absolute Gasteiger partial charge is 0.253 e. The van der Waals surface area contributed by atoms with Crippen molar-refractivity contribution in [2.24, 2.45) is 5.41 Å². The first kappa shape index (κ1) is 19.2. The summed E-state index contributed by atoms with van der Waals surface area (Å²) in [6.07, 6.45) is -0.644. The summed E-state index contributed by atoms with van der Waals surface area (Å²) >= 11 is 0. The predicted molar refractivity (Wildman–Crippen MR) is 99.3 cm³/mol. The number of aliphatic hydroxyl groups is 1. The average Bonchev–Trinajstić information content (AvgIpc) is 2.64. The van der Waals surface area contributed by atoms with Gasteiger partial charge in [0.2, 0.25) is 0 Å². The number of aliphatic hydroxyl groups excluding tert-OH is 1. The highest BCUT2D eigenvalue weighted by molar-refractivity contribution is 5.82. The van der Waals surface area contributed by atoms with Gasteiger partial charge in [0.15, 0.2) is 6.10 Å². The van der Waals surface area contributed by atoms with Gasteiger partial charge in [-0.05, 0) is 16.5 Å². The Hall–Kier alpha value is -2.17. The zero-order valence-electron chi connectivity index (χ0n) is 15.1. The fourth-order valence-corrected chi connectivity index (χ4v) is 2.96. The summed E-state index contributed by atoms with van der Waals surface area (Å²) in [5.41, 5.74) is 1.56. The molecule has 134 valence electrons. The van der Waals surface area contributed by atoms with Crippen LogP contribution in [-0.4, -0.2) is 31.3 Å². The van der Waals surface area contributed by atoms with Gasteiger partial charge < -0.3 is 15.2 Å². The second-order valence-electron chi connectivity index (χ2n) is 6.88. The molecule has 0 saturated carbocycles. The molecule has 0 aliphatic heterocycles. The number of ether oxygens (including phenoxy) is 1. The van der Waals surface area contributed by atoms with Crippen LogP contribution in [0.1, 0.15) is 37.0 Å². The standard InChI is InChI=1S/C21H27NO3/c1-21(2,15-23)18(16-10-6-4-7-11-16)14-22-20(24)19(25-3)17-12-8-5-9-13-17/h4-13,18-19,23H,14-15H2,1-3H3,(H,22,24). The lowest BCUT2D eigenvalue weighted by atomic mass is 9.75. The fraction of sp³-hybridized carbons (Fsp3) is 0.381. The molecule has 1 amide bonds. The van der Waals surface area contributed by atoms with Gasteiger partial charge in [-0.25, -0.2) is 0 Å². The van der Waals surface area contributed by atoms with Crippen LogP contribution in [0.3, 0.4) is 0 Å². The normalized spacial score (nSPS) is 13.9. The second kappa shape index (κ2) is 8.79. The molecule has 0 spiro atoms. The highest BCUT2D eigenvalue weighted by Crippen LogP contribution is 2.34. The van der Waals surface area contributed by atoms with Gasteiger partial charge in [-0.1, -0.05) is 74.5 Å². The van der Waals surface area contributed by atoms with Gasteiger partial charge in [0.1, 0.15) is 0 Å². The lowest BCUT2D eigenvalue weighted by Gasteiger charge is -2.33. The highest BCUT2D eigenvalue weighted by Gasteiger charge is 2.31. The molecule has 0 fully saturated rings. The molecule has 2 N–H and O–H groups in total. The van der Waals surface area contributed by atoms with Crippen LogP contribution in [-0.2, 0) is 9.53 Å². The number of carbonyl (C=O) groups excluding carboxylic acids is 1. The molecule has 0 aliphatic carbocycles. The quantitative estimate of drug-likeness (QED) is 0.774. The molecule has 4 nitrogen and oxygen atoms in total. The molecule has 0 heterocycles. The molecular weight excluding hydrogens is 314 g/mol. The van der Waals surface area contributed by atoms with E-state index in [1.165, 1.54) is 7.11 Å². The van der Waals surface area contributed by atoms with Crippen molar-refractivity contribution in [1.29, 1.82) is 0 Å². The maximum Gasteiger partial charge on any atom is 0.253 e. The predicted octanol–water partition coefficient (Wildman–Crippen LogP) is 3.29. The fourth-order valence-electron chi connectivity index (χ4n) is 2.96. The van der Waals surface area contributed by atoms with Crippen molar-refractivity contribution in [3.05, 3.63) is 71.8 Å². The Morgan fingerprint density at radius 1 is 1.04 bits per heavy atom. The maximum absolute atomic E-state index is 12.6. The summed E-state index contributed by atoms with van der Waals surface area (Å²) < 4.78 is 5.39. The Labute approximate surface area is 149 Å². The van der Waals surface area contributed by atoms with Crippen molar-refractivity contribution in [3.8, 4) is 0 Å². The van der Waals surface area contributed by atoms with Crippen LogP contribution in [0.4, 0.5) is 0 Å². The minimum Gasteiger partial charge on any atom is -0.396 e. The van der Waals surface area contributed by atoms with Gasteiger partial charge in [-0.2, -0.15) is 0 Å². The molecule has 2 aromatic carbocycles. The summed E-state index contributed by atoms with van der Waals surface area (Å²) in [5.74, 6) is -0.181. The van der Waals surface area contributed by atoms with Gasteiger partial charge in [-0.3, -0.25) is 4.79 Å². The van der Waals surface area contributed by atoms with E-state index in [1.54, 1.807) is 0 Å². The first-order chi connectivity index (χ1) is 12.0. The van der Waals surface area contributed by atoms with Crippen molar-refractivity contribution in [1.82, 2.24) is 5.32 Å². The van der Waals surface area contributed by atoms with Crippen LogP contribution < -0.4 is 5.32 Å². The highest BCUT2D eigenvalue weighted by atomic mass is 16.5. The zero-order chi connectivity index (χ0) is 18.3. The third-order valence-corrected chi connectivity index (χ3v) is 4.61. The number of nitrogens with one attached hydrogen (secondary N) is 1. The molecule has 4 heteroatoms. The SMILES string of the molecule is COC(C(=O)NCC(c1ccccc1)C(C)(C)CO)c1ccccc1. The second-order valence-corrected chi connectivity index (χ2v) is 6.88. The van der Waals surface area contributed by atoms with Crippen molar-refractivity contribution in [2.45, 2.75) is 25.9 Å². The molecule has 0 bridgehead atoms. The third kappa shape index (κ3) is 4.91. The Bertz CT molecular complexity index is 655. The zero-order valence-corrected chi connectivity index (χ0v) is 15.1. The molecule has 0 saturated heterocycles. The molecule has 2 atom stereocenters. The van der Waals surface area contributed by atoms with Crippen LogP contribution in [0.15, 0.2) is 60.7 Å². The van der Waals surface area contributed by atoms with E-state index in [2.05, 4.69) is 5.32 Å². The largest absolute Gasteiger partial charge is 0.396 e. The van der Waals surface area contributed by atoms with Crippen LogP contribution in [0, 0.1) is 5.41 Å². The number of methoxy groups -OCH3 is 1. The lowest BCUT2D eigenvalue weighted by molar-refractivity contribution is -0.131. The van der Waals surface area contributed by atoms with Gasteiger partial charge in [0.05, 0.1) is 0 Å². The van der Waals surface area contributed by atoms with Gasteiger partial charge in [0.25, 0.3) is 5.91 Å². The van der Waals surface area contributed by atoms with Gasteiger partial charge in [-0.15, -0.1) is 0 Å². The van der Waals surface area contributed by atoms with Crippen LogP contribution in [0.25, 0.3) is 0 Å². The van der Waals surface area contributed by atoms with Gasteiger partial charge in [0, 0.05) is 26.2 Å². The van der Waals surface area contributed by atoms with Crippen molar-refractivity contribution in [3.63, 3.8) is 0 Å². The summed E-state index contributed by atoms with van der Waals surface area (Å²) in [7, 11) is 1.53. The third-order valence-electron chi connectivity index (χ3n) is 4.61. The molecule has 2 unspecified atom stereocenters. The van der Waals surface area contributed by atoms with E-state index in [1.807, 2.05) is 74.5 Å². The maximum atomic E-state index is 12.6. The number of carbonyl (C=O) groups is 1. The Morgan fingerprint density at radius 2 is 1.56 bits per heavy atom. The van der Waals surface area contributed by atoms with E-state index in [-0.39, 0.29) is 23.8 Å².